The van der Waals surface area contributed by atoms with Gasteiger partial charge in [-0.15, -0.1) is 11.3 Å². The average Bonchev–Trinajstić information content (AvgIpc) is 2.92. The van der Waals surface area contributed by atoms with Crippen LogP contribution in [0, 0.1) is 0 Å². The maximum absolute atomic E-state index is 10.6. The molecule has 1 aromatic carbocycles. The predicted octanol–water partition coefficient (Wildman–Crippen LogP) is 4.23. The van der Waals surface area contributed by atoms with Crippen molar-refractivity contribution < 1.29 is 14.6 Å². The molecule has 20 heavy (non-hydrogen) atoms. The van der Waals surface area contributed by atoms with Gasteiger partial charge in [0.05, 0.1) is 11.1 Å². The van der Waals surface area contributed by atoms with Crippen LogP contribution in [0.5, 0.6) is 5.75 Å². The summed E-state index contributed by atoms with van der Waals surface area (Å²) in [6.45, 7) is 0.553. The molecule has 5 heteroatoms. The third-order valence-electron chi connectivity index (χ3n) is 2.58. The fraction of sp³-hybridized carbons (Fsp3) is 0.133. The van der Waals surface area contributed by atoms with E-state index in [1.54, 1.807) is 11.3 Å². The molecule has 0 aliphatic rings. The summed E-state index contributed by atoms with van der Waals surface area (Å²) >= 11 is 5.13. The fourth-order valence-electron chi connectivity index (χ4n) is 1.68. The van der Waals surface area contributed by atoms with Gasteiger partial charge in [0.1, 0.15) is 5.75 Å². The molecule has 2 aromatic rings. The third-order valence-corrected chi connectivity index (χ3v) is 4.14. The van der Waals surface area contributed by atoms with Gasteiger partial charge >= 0.3 is 5.97 Å². The first-order chi connectivity index (χ1) is 9.66. The molecule has 1 heterocycles. The highest BCUT2D eigenvalue weighted by Gasteiger charge is 2.06. The molecule has 104 valence electrons. The highest BCUT2D eigenvalue weighted by atomic mass is 79.9. The van der Waals surface area contributed by atoms with Crippen molar-refractivity contribution in [2.24, 2.45) is 0 Å². The number of benzene rings is 1. The number of halogens is 1. The van der Waals surface area contributed by atoms with Crippen molar-refractivity contribution in [3.05, 3.63) is 56.7 Å². The molecule has 0 radical (unpaired) electrons. The number of rotatable bonds is 6. The Morgan fingerprint density at radius 2 is 2.20 bits per heavy atom. The second-order valence-electron chi connectivity index (χ2n) is 4.01. The van der Waals surface area contributed by atoms with Crippen LogP contribution in [0.15, 0.2) is 46.3 Å². The Kier molecular flexibility index (Phi) is 5.38. The molecule has 0 bridgehead atoms. The SMILES string of the molecule is O=C(O)C=Cc1cccc(Br)c1OCCc1cccs1. The van der Waals surface area contributed by atoms with Crippen LogP contribution >= 0.6 is 27.3 Å². The number of para-hydroxylation sites is 1. The van der Waals surface area contributed by atoms with Crippen LogP contribution in [0.1, 0.15) is 10.4 Å². The summed E-state index contributed by atoms with van der Waals surface area (Å²) in [4.78, 5) is 11.9. The highest BCUT2D eigenvalue weighted by Crippen LogP contribution is 2.30. The van der Waals surface area contributed by atoms with Crippen LogP contribution in [-0.4, -0.2) is 17.7 Å². The van der Waals surface area contributed by atoms with E-state index in [-0.39, 0.29) is 0 Å². The molecule has 0 spiro atoms. The largest absolute Gasteiger partial charge is 0.491 e. The average molecular weight is 353 g/mol. The molecule has 0 atom stereocenters. The molecule has 0 saturated heterocycles. The summed E-state index contributed by atoms with van der Waals surface area (Å²) < 4.78 is 6.61. The van der Waals surface area contributed by atoms with E-state index in [9.17, 15) is 4.79 Å². The van der Waals surface area contributed by atoms with Crippen LogP contribution in [0.25, 0.3) is 6.08 Å². The Bertz CT molecular complexity index is 606. The summed E-state index contributed by atoms with van der Waals surface area (Å²) in [6.07, 6.45) is 3.47. The molecule has 0 amide bonds. The maximum atomic E-state index is 10.6. The number of carboxylic acid groups (broad SMARTS) is 1. The number of thiophene rings is 1. The van der Waals surface area contributed by atoms with Crippen molar-refractivity contribution in [2.45, 2.75) is 6.42 Å². The van der Waals surface area contributed by atoms with Gasteiger partial charge in [0.25, 0.3) is 0 Å². The lowest BCUT2D eigenvalue weighted by molar-refractivity contribution is -0.131. The smallest absolute Gasteiger partial charge is 0.328 e. The first kappa shape index (κ1) is 14.8. The minimum Gasteiger partial charge on any atom is -0.491 e. The number of carboxylic acids is 1. The maximum Gasteiger partial charge on any atom is 0.328 e. The Balaban J connectivity index is 2.07. The lowest BCUT2D eigenvalue weighted by atomic mass is 10.2. The van der Waals surface area contributed by atoms with Gasteiger partial charge in [-0.05, 0) is 39.5 Å². The van der Waals surface area contributed by atoms with E-state index in [0.29, 0.717) is 12.4 Å². The zero-order chi connectivity index (χ0) is 14.4. The zero-order valence-corrected chi connectivity index (χ0v) is 13.0. The van der Waals surface area contributed by atoms with Gasteiger partial charge in [0.2, 0.25) is 0 Å². The molecule has 1 aromatic heterocycles. The monoisotopic (exact) mass is 352 g/mol. The summed E-state index contributed by atoms with van der Waals surface area (Å²) in [5.41, 5.74) is 0.743. The minimum absolute atomic E-state index is 0.553. The molecular formula is C15H13BrO3S. The Morgan fingerprint density at radius 3 is 2.90 bits per heavy atom. The van der Waals surface area contributed by atoms with Crippen LogP contribution in [0.2, 0.25) is 0 Å². The molecule has 1 N–H and O–H groups in total. The normalized spacial score (nSPS) is 10.8. The van der Waals surface area contributed by atoms with E-state index >= 15 is 0 Å². The van der Waals surface area contributed by atoms with Crippen molar-refractivity contribution in [1.29, 1.82) is 0 Å². The second kappa shape index (κ2) is 7.26. The van der Waals surface area contributed by atoms with E-state index in [0.717, 1.165) is 22.5 Å². The van der Waals surface area contributed by atoms with Gasteiger partial charge in [-0.1, -0.05) is 18.2 Å². The molecular weight excluding hydrogens is 340 g/mol. The van der Waals surface area contributed by atoms with E-state index < -0.39 is 5.97 Å². The van der Waals surface area contributed by atoms with Crippen LogP contribution in [-0.2, 0) is 11.2 Å². The van der Waals surface area contributed by atoms with Crippen LogP contribution in [0.3, 0.4) is 0 Å². The fourth-order valence-corrected chi connectivity index (χ4v) is 2.86. The number of ether oxygens (including phenoxy) is 1. The van der Waals surface area contributed by atoms with Gasteiger partial charge in [0, 0.05) is 22.9 Å². The number of hydrogen-bond donors (Lipinski definition) is 1. The van der Waals surface area contributed by atoms with Gasteiger partial charge < -0.3 is 9.84 Å². The number of aliphatic carboxylic acids is 1. The number of carbonyl (C=O) groups is 1. The Morgan fingerprint density at radius 1 is 1.35 bits per heavy atom. The van der Waals surface area contributed by atoms with Gasteiger partial charge in [-0.2, -0.15) is 0 Å². The third kappa shape index (κ3) is 4.21. The molecule has 0 fully saturated rings. The standard InChI is InChI=1S/C15H13BrO3S/c16-13-5-1-3-11(6-7-14(17)18)15(13)19-9-8-12-4-2-10-20-12/h1-7,10H,8-9H2,(H,17,18). The van der Waals surface area contributed by atoms with E-state index in [1.807, 2.05) is 29.6 Å². The topological polar surface area (TPSA) is 46.5 Å². The Labute approximate surface area is 129 Å². The van der Waals surface area contributed by atoms with E-state index in [4.69, 9.17) is 9.84 Å². The quantitative estimate of drug-likeness (QED) is 0.791. The zero-order valence-electron chi connectivity index (χ0n) is 10.6. The second-order valence-corrected chi connectivity index (χ2v) is 5.89. The molecule has 0 aliphatic heterocycles. The molecule has 0 saturated carbocycles. The summed E-state index contributed by atoms with van der Waals surface area (Å²) in [7, 11) is 0. The lowest BCUT2D eigenvalue weighted by Crippen LogP contribution is -2.02. The minimum atomic E-state index is -0.977. The summed E-state index contributed by atoms with van der Waals surface area (Å²) in [6, 6.07) is 9.62. The lowest BCUT2D eigenvalue weighted by Gasteiger charge is -2.10. The van der Waals surface area contributed by atoms with E-state index in [1.165, 1.54) is 11.0 Å². The Hall–Kier alpha value is -1.59. The molecule has 3 nitrogen and oxygen atoms in total. The highest BCUT2D eigenvalue weighted by molar-refractivity contribution is 9.10. The molecule has 2 rings (SSSR count). The van der Waals surface area contributed by atoms with Crippen molar-refractivity contribution in [3.63, 3.8) is 0 Å². The van der Waals surface area contributed by atoms with Crippen LogP contribution in [0.4, 0.5) is 0 Å². The predicted molar refractivity (Wildman–Crippen MR) is 84.3 cm³/mol. The summed E-state index contributed by atoms with van der Waals surface area (Å²) in [5.74, 6) is -0.309. The number of hydrogen-bond acceptors (Lipinski definition) is 3. The van der Waals surface area contributed by atoms with Gasteiger partial charge in [-0.3, -0.25) is 0 Å². The van der Waals surface area contributed by atoms with E-state index in [2.05, 4.69) is 22.0 Å². The van der Waals surface area contributed by atoms with Crippen molar-refractivity contribution in [3.8, 4) is 5.75 Å². The van der Waals surface area contributed by atoms with Crippen LogP contribution < -0.4 is 4.74 Å². The first-order valence-corrected chi connectivity index (χ1v) is 7.69. The first-order valence-electron chi connectivity index (χ1n) is 6.01. The van der Waals surface area contributed by atoms with Crippen molar-refractivity contribution in [2.75, 3.05) is 6.61 Å². The molecule has 0 aliphatic carbocycles. The molecule has 0 unspecified atom stereocenters. The van der Waals surface area contributed by atoms with Gasteiger partial charge in [0.15, 0.2) is 0 Å². The van der Waals surface area contributed by atoms with Crippen molar-refractivity contribution >= 4 is 39.3 Å². The summed E-state index contributed by atoms with van der Waals surface area (Å²) in [5, 5.41) is 10.7. The van der Waals surface area contributed by atoms with Crippen molar-refractivity contribution in [1.82, 2.24) is 0 Å². The van der Waals surface area contributed by atoms with Gasteiger partial charge in [-0.25, -0.2) is 4.79 Å².